The molecule has 0 spiro atoms. The molecule has 1 atom stereocenters. The lowest BCUT2D eigenvalue weighted by Crippen LogP contribution is -2.47. The minimum Gasteiger partial charge on any atom is -0.377 e. The van der Waals surface area contributed by atoms with Gasteiger partial charge in [0.15, 0.2) is 0 Å². The smallest absolute Gasteiger partial charge is 0.377 e. The van der Waals surface area contributed by atoms with Gasteiger partial charge in [0, 0.05) is 39.0 Å². The van der Waals surface area contributed by atoms with E-state index in [1.165, 1.54) is 0 Å². The quantitative estimate of drug-likeness (QED) is 0.276. The SMILES string of the molecule is CCO[Si](CCCNC(=O)NCC1COCCOCCOCCOCCOCCO1)(OCC)OCC. The molecule has 1 unspecified atom stereocenters. The van der Waals surface area contributed by atoms with Crippen molar-refractivity contribution in [2.45, 2.75) is 39.3 Å². The minimum atomic E-state index is -2.70. The van der Waals surface area contributed by atoms with Gasteiger partial charge in [-0.1, -0.05) is 0 Å². The highest BCUT2D eigenvalue weighted by molar-refractivity contribution is 6.60. The molecule has 214 valence electrons. The third-order valence-corrected chi connectivity index (χ3v) is 8.05. The van der Waals surface area contributed by atoms with E-state index in [0.29, 0.717) is 118 Å². The van der Waals surface area contributed by atoms with Crippen molar-refractivity contribution in [1.82, 2.24) is 10.6 Å². The van der Waals surface area contributed by atoms with Crippen molar-refractivity contribution in [2.24, 2.45) is 0 Å². The standard InChI is InChI=1S/C23H48N2O10Si/c1-4-33-36(34-5-2,35-6-3)19-7-8-24-23(26)25-20-22-21-31-16-15-29-12-11-27-9-10-28-13-14-30-17-18-32-22/h22H,4-21H2,1-3H3,(H2,24,25,26). The van der Waals surface area contributed by atoms with Gasteiger partial charge in [0.05, 0.1) is 78.8 Å². The molecule has 1 aliphatic rings. The van der Waals surface area contributed by atoms with Gasteiger partial charge >= 0.3 is 14.8 Å². The molecule has 0 aromatic carbocycles. The summed E-state index contributed by atoms with van der Waals surface area (Å²) in [6.45, 7) is 13.2. The van der Waals surface area contributed by atoms with Crippen LogP contribution in [0.4, 0.5) is 4.79 Å². The van der Waals surface area contributed by atoms with Crippen LogP contribution < -0.4 is 10.6 Å². The summed E-state index contributed by atoms with van der Waals surface area (Å²) in [5, 5.41) is 5.71. The zero-order valence-electron chi connectivity index (χ0n) is 22.4. The predicted molar refractivity (Wildman–Crippen MR) is 135 cm³/mol. The second kappa shape index (κ2) is 23.3. The molecule has 0 aliphatic carbocycles. The summed E-state index contributed by atoms with van der Waals surface area (Å²) in [7, 11) is -2.70. The summed E-state index contributed by atoms with van der Waals surface area (Å²) in [6, 6.07) is 0.369. The number of carbonyl (C=O) groups is 1. The minimum absolute atomic E-state index is 0.272. The number of amides is 2. The first-order chi connectivity index (χ1) is 17.7. The normalized spacial score (nSPS) is 20.2. The monoisotopic (exact) mass is 540 g/mol. The van der Waals surface area contributed by atoms with E-state index in [1.54, 1.807) is 0 Å². The number of hydrogen-bond donors (Lipinski definition) is 2. The molecule has 12 nitrogen and oxygen atoms in total. The van der Waals surface area contributed by atoms with Gasteiger partial charge in [-0.3, -0.25) is 0 Å². The van der Waals surface area contributed by atoms with E-state index in [1.807, 2.05) is 20.8 Å². The number of hydrogen-bond acceptors (Lipinski definition) is 10. The third-order valence-electron chi connectivity index (χ3n) is 4.90. The number of nitrogens with one attached hydrogen (secondary N) is 2. The number of ether oxygens (including phenoxy) is 6. The molecule has 13 heteroatoms. The van der Waals surface area contributed by atoms with Crippen molar-refractivity contribution >= 4 is 14.8 Å². The van der Waals surface area contributed by atoms with Crippen LogP contribution in [0, 0.1) is 0 Å². The van der Waals surface area contributed by atoms with E-state index in [-0.39, 0.29) is 12.1 Å². The Hall–Kier alpha value is -0.873. The Bertz CT molecular complexity index is 486. The first-order valence-corrected chi connectivity index (χ1v) is 15.0. The lowest BCUT2D eigenvalue weighted by atomic mass is 10.3. The van der Waals surface area contributed by atoms with Gasteiger partial charge in [0.25, 0.3) is 0 Å². The van der Waals surface area contributed by atoms with Crippen LogP contribution in [-0.4, -0.2) is 127 Å². The van der Waals surface area contributed by atoms with Crippen molar-refractivity contribution in [2.75, 3.05) is 106 Å². The average Bonchev–Trinajstić information content (AvgIpc) is 2.86. The fourth-order valence-electron chi connectivity index (χ4n) is 3.31. The summed E-state index contributed by atoms with van der Waals surface area (Å²) >= 11 is 0. The zero-order valence-corrected chi connectivity index (χ0v) is 23.4. The van der Waals surface area contributed by atoms with E-state index in [9.17, 15) is 4.79 Å². The molecule has 0 bridgehead atoms. The lowest BCUT2D eigenvalue weighted by Gasteiger charge is -2.28. The Kier molecular flexibility index (Phi) is 21.4. The van der Waals surface area contributed by atoms with Crippen LogP contribution in [0.2, 0.25) is 6.04 Å². The van der Waals surface area contributed by atoms with Crippen LogP contribution in [0.5, 0.6) is 0 Å². The summed E-state index contributed by atoms with van der Waals surface area (Å²) < 4.78 is 50.9. The molecule has 2 N–H and O–H groups in total. The van der Waals surface area contributed by atoms with E-state index in [4.69, 9.17) is 41.7 Å². The molecule has 0 radical (unpaired) electrons. The van der Waals surface area contributed by atoms with Gasteiger partial charge in [-0.2, -0.15) is 0 Å². The van der Waals surface area contributed by atoms with E-state index in [2.05, 4.69) is 10.6 Å². The molecule has 1 saturated heterocycles. The van der Waals surface area contributed by atoms with Crippen molar-refractivity contribution in [3.8, 4) is 0 Å². The molecule has 1 rings (SSSR count). The van der Waals surface area contributed by atoms with Crippen molar-refractivity contribution in [3.63, 3.8) is 0 Å². The molecule has 1 fully saturated rings. The highest BCUT2D eigenvalue weighted by Crippen LogP contribution is 2.17. The van der Waals surface area contributed by atoms with Crippen molar-refractivity contribution < 1.29 is 46.5 Å². The fourth-order valence-corrected chi connectivity index (χ4v) is 5.92. The Labute approximate surface area is 217 Å². The third kappa shape index (κ3) is 17.6. The molecule has 0 aromatic heterocycles. The van der Waals surface area contributed by atoms with E-state index in [0.717, 1.165) is 0 Å². The summed E-state index contributed by atoms with van der Waals surface area (Å²) in [5.74, 6) is 0. The number of carbonyl (C=O) groups excluding carboxylic acids is 1. The summed E-state index contributed by atoms with van der Waals surface area (Å²) in [5.41, 5.74) is 0. The molecule has 36 heavy (non-hydrogen) atoms. The largest absolute Gasteiger partial charge is 0.500 e. The second-order valence-electron chi connectivity index (χ2n) is 7.74. The molecule has 1 aliphatic heterocycles. The van der Waals surface area contributed by atoms with Gasteiger partial charge in [0.2, 0.25) is 0 Å². The maximum absolute atomic E-state index is 12.3. The maximum atomic E-state index is 12.3. The van der Waals surface area contributed by atoms with Gasteiger partial charge in [-0.05, 0) is 27.2 Å². The molecular weight excluding hydrogens is 492 g/mol. The average molecular weight is 541 g/mol. The van der Waals surface area contributed by atoms with E-state index < -0.39 is 8.80 Å². The van der Waals surface area contributed by atoms with Crippen molar-refractivity contribution in [3.05, 3.63) is 0 Å². The topological polar surface area (TPSA) is 124 Å². The maximum Gasteiger partial charge on any atom is 0.500 e. The highest BCUT2D eigenvalue weighted by atomic mass is 28.4. The molecule has 1 heterocycles. The highest BCUT2D eigenvalue weighted by Gasteiger charge is 2.39. The summed E-state index contributed by atoms with van der Waals surface area (Å²) in [6.07, 6.45) is 0.376. The molecule has 0 aromatic rings. The van der Waals surface area contributed by atoms with Crippen LogP contribution in [0.15, 0.2) is 0 Å². The molecule has 0 saturated carbocycles. The van der Waals surface area contributed by atoms with Gasteiger partial charge in [-0.15, -0.1) is 0 Å². The van der Waals surface area contributed by atoms with E-state index >= 15 is 0 Å². The zero-order chi connectivity index (χ0) is 26.2. The molecule has 2 amide bonds. The van der Waals surface area contributed by atoms with Gasteiger partial charge in [0.1, 0.15) is 0 Å². The van der Waals surface area contributed by atoms with Crippen LogP contribution in [0.25, 0.3) is 0 Å². The van der Waals surface area contributed by atoms with Crippen LogP contribution in [0.3, 0.4) is 0 Å². The number of urea groups is 1. The second-order valence-corrected chi connectivity index (χ2v) is 10.5. The van der Waals surface area contributed by atoms with Crippen LogP contribution in [0.1, 0.15) is 27.2 Å². The first-order valence-electron chi connectivity index (χ1n) is 13.1. The van der Waals surface area contributed by atoms with Crippen molar-refractivity contribution in [1.29, 1.82) is 0 Å². The summed E-state index contributed by atoms with van der Waals surface area (Å²) in [4.78, 5) is 12.3. The first kappa shape index (κ1) is 33.2. The Morgan fingerprint density at radius 2 is 1.19 bits per heavy atom. The molecular formula is C23H48N2O10Si. The van der Waals surface area contributed by atoms with Gasteiger partial charge in [-0.25, -0.2) is 4.79 Å². The fraction of sp³-hybridized carbons (Fsp3) is 0.957. The van der Waals surface area contributed by atoms with Gasteiger partial charge < -0.3 is 52.3 Å². The lowest BCUT2D eigenvalue weighted by molar-refractivity contribution is -0.0588. The van der Waals surface area contributed by atoms with Crippen LogP contribution >= 0.6 is 0 Å². The Balaban J connectivity index is 2.35. The van der Waals surface area contributed by atoms with Crippen LogP contribution in [-0.2, 0) is 41.7 Å². The number of rotatable bonds is 12. The predicted octanol–water partition coefficient (Wildman–Crippen LogP) is 1.21. The Morgan fingerprint density at radius 1 is 0.722 bits per heavy atom. The Morgan fingerprint density at radius 3 is 1.69 bits per heavy atom.